The average molecular weight is 381 g/mol. The highest BCUT2D eigenvalue weighted by molar-refractivity contribution is 7.71. The number of amides is 1. The Hall–Kier alpha value is -2.77. The number of aromatic nitrogens is 2. The molecule has 2 heterocycles. The van der Waals surface area contributed by atoms with E-state index < -0.39 is 0 Å². The predicted molar refractivity (Wildman–Crippen MR) is 107 cm³/mol. The van der Waals surface area contributed by atoms with Gasteiger partial charge in [0, 0.05) is 5.56 Å². The summed E-state index contributed by atoms with van der Waals surface area (Å²) in [4.78, 5) is 32.0. The second-order valence-corrected chi connectivity index (χ2v) is 7.30. The van der Waals surface area contributed by atoms with Gasteiger partial charge >= 0.3 is 0 Å². The van der Waals surface area contributed by atoms with Crippen LogP contribution in [0.5, 0.6) is 0 Å². The van der Waals surface area contributed by atoms with Gasteiger partial charge in [0.2, 0.25) is 0 Å². The smallest absolute Gasteiger partial charge is 0.266 e. The van der Waals surface area contributed by atoms with Gasteiger partial charge in [-0.1, -0.05) is 12.1 Å². The van der Waals surface area contributed by atoms with Crippen LogP contribution in [-0.4, -0.2) is 53.6 Å². The first-order valence-electron chi connectivity index (χ1n) is 9.00. The van der Waals surface area contributed by atoms with Crippen molar-refractivity contribution in [1.82, 2.24) is 14.5 Å². The number of quaternary nitrogens is 1. The monoisotopic (exact) mass is 381 g/mol. The third kappa shape index (κ3) is 3.31. The van der Waals surface area contributed by atoms with Crippen LogP contribution in [-0.2, 0) is 0 Å². The van der Waals surface area contributed by atoms with Gasteiger partial charge in [0.25, 0.3) is 11.5 Å². The summed E-state index contributed by atoms with van der Waals surface area (Å²) in [5.74, 6) is 0.0325. The third-order valence-electron chi connectivity index (χ3n) is 5.08. The molecule has 2 N–H and O–H groups in total. The molecule has 0 saturated carbocycles. The Morgan fingerprint density at radius 3 is 2.44 bits per heavy atom. The topological polar surface area (TPSA) is 62.5 Å². The van der Waals surface area contributed by atoms with Gasteiger partial charge in [0.15, 0.2) is 4.77 Å². The summed E-state index contributed by atoms with van der Waals surface area (Å²) in [6.07, 6.45) is 0. The van der Waals surface area contributed by atoms with E-state index in [4.69, 9.17) is 12.2 Å². The Bertz CT molecular complexity index is 1110. The van der Waals surface area contributed by atoms with Crippen molar-refractivity contribution < 1.29 is 9.69 Å². The lowest BCUT2D eigenvalue weighted by Gasteiger charge is -2.30. The average Bonchev–Trinajstić information content (AvgIpc) is 2.68. The minimum Gasteiger partial charge on any atom is -0.334 e. The summed E-state index contributed by atoms with van der Waals surface area (Å²) in [5.41, 5.74) is 1.82. The molecule has 3 aromatic rings. The molecule has 0 atom stereocenters. The first-order valence-corrected chi connectivity index (χ1v) is 9.40. The van der Waals surface area contributed by atoms with Crippen LogP contribution < -0.4 is 10.5 Å². The van der Waals surface area contributed by atoms with Crippen molar-refractivity contribution >= 4 is 29.0 Å². The quantitative estimate of drug-likeness (QED) is 0.652. The van der Waals surface area contributed by atoms with E-state index >= 15 is 0 Å². The summed E-state index contributed by atoms with van der Waals surface area (Å²) in [5, 5.41) is 0.575. The summed E-state index contributed by atoms with van der Waals surface area (Å²) in [6.45, 7) is 3.46. The molecule has 1 aliphatic heterocycles. The summed E-state index contributed by atoms with van der Waals surface area (Å²) < 4.78 is 1.80. The van der Waals surface area contributed by atoms with Gasteiger partial charge in [-0.05, 0) is 48.6 Å². The number of nitrogens with one attached hydrogen (secondary N) is 2. The number of aromatic amines is 1. The summed E-state index contributed by atoms with van der Waals surface area (Å²) in [6, 6.07) is 14.4. The fourth-order valence-electron chi connectivity index (χ4n) is 3.42. The minimum atomic E-state index is -0.171. The van der Waals surface area contributed by atoms with Crippen LogP contribution in [0.2, 0.25) is 0 Å². The zero-order valence-electron chi connectivity index (χ0n) is 15.1. The number of fused-ring (bicyclic) bond motifs is 1. The second-order valence-electron chi connectivity index (χ2n) is 6.91. The Labute approximate surface area is 161 Å². The number of piperazine rings is 1. The van der Waals surface area contributed by atoms with E-state index in [0.717, 1.165) is 26.2 Å². The number of rotatable bonds is 2. The molecule has 6 nitrogen and oxygen atoms in total. The Morgan fingerprint density at radius 1 is 1.07 bits per heavy atom. The number of likely N-dealkylation sites (N-methyl/N-ethyl adjacent to an activating group) is 1. The molecule has 4 rings (SSSR count). The number of carbonyl (C=O) groups excluding carboxylic acids is 1. The molecule has 1 aromatic heterocycles. The van der Waals surface area contributed by atoms with E-state index in [1.54, 1.807) is 30.3 Å². The molecule has 2 aromatic carbocycles. The van der Waals surface area contributed by atoms with Gasteiger partial charge in [0.1, 0.15) is 0 Å². The van der Waals surface area contributed by atoms with E-state index in [9.17, 15) is 9.59 Å². The first kappa shape index (κ1) is 17.6. The maximum absolute atomic E-state index is 12.8. The molecular formula is C20H21N4O2S+. The van der Waals surface area contributed by atoms with Crippen LogP contribution >= 0.6 is 12.2 Å². The van der Waals surface area contributed by atoms with Crippen LogP contribution in [0.4, 0.5) is 0 Å². The predicted octanol–water partition coefficient (Wildman–Crippen LogP) is 1.02. The lowest BCUT2D eigenvalue weighted by Crippen LogP contribution is -3.12. The molecule has 27 heavy (non-hydrogen) atoms. The molecule has 1 aliphatic rings. The highest BCUT2D eigenvalue weighted by Gasteiger charge is 2.22. The highest BCUT2D eigenvalue weighted by Crippen LogP contribution is 2.13. The zero-order chi connectivity index (χ0) is 19.0. The van der Waals surface area contributed by atoms with Crippen LogP contribution in [0.1, 0.15) is 10.4 Å². The molecule has 1 fully saturated rings. The van der Waals surface area contributed by atoms with Crippen molar-refractivity contribution in [3.05, 3.63) is 69.2 Å². The minimum absolute atomic E-state index is 0.0325. The van der Waals surface area contributed by atoms with Crippen molar-refractivity contribution in [2.45, 2.75) is 0 Å². The van der Waals surface area contributed by atoms with Gasteiger partial charge in [-0.15, -0.1) is 0 Å². The zero-order valence-corrected chi connectivity index (χ0v) is 15.9. The molecule has 0 spiro atoms. The molecule has 0 unspecified atom stereocenters. The maximum atomic E-state index is 12.8. The van der Waals surface area contributed by atoms with Gasteiger partial charge < -0.3 is 14.8 Å². The fraction of sp³-hybridized carbons (Fsp3) is 0.250. The number of hydrogen-bond donors (Lipinski definition) is 2. The first-order chi connectivity index (χ1) is 13.0. The van der Waals surface area contributed by atoms with Gasteiger partial charge in [-0.2, -0.15) is 0 Å². The van der Waals surface area contributed by atoms with Gasteiger partial charge in [-0.3, -0.25) is 14.2 Å². The molecule has 0 aliphatic carbocycles. The standard InChI is InChI=1S/C20H20N4O2S/c1-22-10-12-23(13-11-22)18(25)14-6-8-15(9-7-14)24-19(26)16-4-2-3-5-17(16)21-20(24)27/h2-9H,10-13H2,1H3,(H,21,27)/p+1. The van der Waals surface area contributed by atoms with Gasteiger partial charge in [-0.25, -0.2) is 0 Å². The molecule has 0 bridgehead atoms. The molecule has 138 valence electrons. The number of H-pyrrole nitrogens is 1. The summed E-state index contributed by atoms with van der Waals surface area (Å²) in [7, 11) is 2.14. The van der Waals surface area contributed by atoms with Crippen molar-refractivity contribution in [3.63, 3.8) is 0 Å². The largest absolute Gasteiger partial charge is 0.334 e. The summed E-state index contributed by atoms with van der Waals surface area (Å²) >= 11 is 5.38. The number of hydrogen-bond acceptors (Lipinski definition) is 3. The third-order valence-corrected chi connectivity index (χ3v) is 5.37. The number of carbonyl (C=O) groups is 1. The van der Waals surface area contributed by atoms with E-state index in [-0.39, 0.29) is 11.5 Å². The maximum Gasteiger partial charge on any atom is 0.266 e. The Morgan fingerprint density at radius 2 is 1.74 bits per heavy atom. The van der Waals surface area contributed by atoms with Crippen molar-refractivity contribution in [3.8, 4) is 5.69 Å². The number of para-hydroxylation sites is 1. The van der Waals surface area contributed by atoms with Crippen molar-refractivity contribution in [1.29, 1.82) is 0 Å². The molecule has 1 saturated heterocycles. The Balaban J connectivity index is 1.67. The van der Waals surface area contributed by atoms with Crippen LogP contribution in [0.15, 0.2) is 53.3 Å². The Kier molecular flexibility index (Phi) is 4.63. The molecule has 1 amide bonds. The van der Waals surface area contributed by atoms with E-state index in [1.165, 1.54) is 9.47 Å². The second kappa shape index (κ2) is 7.09. The number of benzene rings is 2. The van der Waals surface area contributed by atoms with E-state index in [0.29, 0.717) is 26.9 Å². The number of nitrogens with zero attached hydrogens (tertiary/aromatic N) is 2. The van der Waals surface area contributed by atoms with E-state index in [1.807, 2.05) is 23.1 Å². The normalized spacial score (nSPS) is 15.2. The van der Waals surface area contributed by atoms with Crippen LogP contribution in [0.3, 0.4) is 0 Å². The van der Waals surface area contributed by atoms with Crippen molar-refractivity contribution in [2.24, 2.45) is 0 Å². The van der Waals surface area contributed by atoms with Crippen molar-refractivity contribution in [2.75, 3.05) is 33.2 Å². The lowest BCUT2D eigenvalue weighted by molar-refractivity contribution is -0.883. The van der Waals surface area contributed by atoms with Gasteiger partial charge in [0.05, 0.1) is 49.8 Å². The van der Waals surface area contributed by atoms with E-state index in [2.05, 4.69) is 12.0 Å². The highest BCUT2D eigenvalue weighted by atomic mass is 32.1. The molecular weight excluding hydrogens is 360 g/mol. The van der Waals surface area contributed by atoms with Crippen LogP contribution in [0.25, 0.3) is 16.6 Å². The molecule has 7 heteroatoms. The SMILES string of the molecule is C[NH+]1CCN(C(=O)c2ccc(-n3c(=S)[nH]c4ccccc4c3=O)cc2)CC1. The molecule has 0 radical (unpaired) electrons. The van der Waals surface area contributed by atoms with Crippen LogP contribution in [0, 0.1) is 4.77 Å². The fourth-order valence-corrected chi connectivity index (χ4v) is 3.72. The lowest BCUT2D eigenvalue weighted by atomic mass is 10.1.